The largest absolute Gasteiger partial charge is 0.266 e. The van der Waals surface area contributed by atoms with E-state index in [0.29, 0.717) is 9.13 Å². The second-order valence-electron chi connectivity index (χ2n) is 2.23. The van der Waals surface area contributed by atoms with E-state index in [1.165, 1.54) is 0 Å². The van der Waals surface area contributed by atoms with Crippen molar-refractivity contribution >= 4 is 45.8 Å². The third-order valence-electron chi connectivity index (χ3n) is 1.45. The normalized spacial score (nSPS) is 10.9. The van der Waals surface area contributed by atoms with E-state index in [1.54, 1.807) is 22.6 Å². The molecule has 1 aromatic heterocycles. The molecule has 0 aliphatic heterocycles. The van der Waals surface area contributed by atoms with Gasteiger partial charge in [0.05, 0.1) is 5.88 Å². The van der Waals surface area contributed by atoms with Gasteiger partial charge in [-0.3, -0.25) is 0 Å². The molecule has 0 fully saturated rings. The Morgan fingerprint density at radius 2 is 2.15 bits per heavy atom. The van der Waals surface area contributed by atoms with Gasteiger partial charge in [0.2, 0.25) is 0 Å². The zero-order valence-electron chi connectivity index (χ0n) is 6.20. The Bertz CT molecular complexity index is 320. The molecule has 0 unspecified atom stereocenters. The van der Waals surface area contributed by atoms with Crippen LogP contribution in [0.25, 0.3) is 0 Å². The number of pyridine rings is 1. The lowest BCUT2D eigenvalue weighted by atomic mass is 10.2. The summed E-state index contributed by atoms with van der Waals surface area (Å²) in [4.78, 5) is 3.63. The molecule has 1 rings (SSSR count). The quantitative estimate of drug-likeness (QED) is 0.451. The van der Waals surface area contributed by atoms with Crippen molar-refractivity contribution in [3.8, 4) is 0 Å². The maximum absolute atomic E-state index is 12.3. The monoisotopic (exact) mass is 337 g/mol. The molecule has 1 aromatic rings. The molecule has 13 heavy (non-hydrogen) atoms. The van der Waals surface area contributed by atoms with E-state index in [1.807, 2.05) is 0 Å². The minimum atomic E-state index is -2.54. The number of aromatic nitrogens is 1. The van der Waals surface area contributed by atoms with E-state index < -0.39 is 6.43 Å². The van der Waals surface area contributed by atoms with Crippen molar-refractivity contribution in [1.29, 1.82) is 0 Å². The summed E-state index contributed by atoms with van der Waals surface area (Å²) in [6, 6.07) is 0. The van der Waals surface area contributed by atoms with Crippen molar-refractivity contribution in [3.05, 3.63) is 26.0 Å². The van der Waals surface area contributed by atoms with Crippen LogP contribution in [-0.2, 0) is 5.88 Å². The number of hydrogen-bond donors (Lipinski definition) is 0. The second kappa shape index (κ2) is 4.70. The van der Waals surface area contributed by atoms with Gasteiger partial charge in [0.15, 0.2) is 0 Å². The summed E-state index contributed by atoms with van der Waals surface area (Å²) in [6.45, 7) is 0. The molecule has 0 aromatic carbocycles. The van der Waals surface area contributed by atoms with Gasteiger partial charge >= 0.3 is 0 Å². The smallest absolute Gasteiger partial charge is 0.244 e. The molecule has 0 spiro atoms. The van der Waals surface area contributed by atoms with Crippen molar-refractivity contribution in [1.82, 2.24) is 4.98 Å². The van der Waals surface area contributed by atoms with Crippen LogP contribution in [0, 0.1) is 3.57 Å². The van der Waals surface area contributed by atoms with Crippen LogP contribution in [0.15, 0.2) is 6.20 Å². The molecule has 0 aliphatic carbocycles. The summed E-state index contributed by atoms with van der Waals surface area (Å²) in [5.74, 6) is 0.0880. The van der Waals surface area contributed by atoms with Crippen molar-refractivity contribution in [3.63, 3.8) is 0 Å². The molecule has 0 bridgehead atoms. The van der Waals surface area contributed by atoms with Gasteiger partial charge < -0.3 is 0 Å². The van der Waals surface area contributed by atoms with Crippen LogP contribution in [0.2, 0.25) is 5.15 Å². The van der Waals surface area contributed by atoms with E-state index in [4.69, 9.17) is 23.2 Å². The lowest BCUT2D eigenvalue weighted by molar-refractivity contribution is 0.150. The highest BCUT2D eigenvalue weighted by Crippen LogP contribution is 2.30. The van der Waals surface area contributed by atoms with Crippen LogP contribution >= 0.6 is 45.8 Å². The Morgan fingerprint density at radius 1 is 1.54 bits per heavy atom. The molecular formula is C7H4Cl2F2IN. The fourth-order valence-corrected chi connectivity index (χ4v) is 2.54. The number of halogens is 5. The van der Waals surface area contributed by atoms with Gasteiger partial charge in [0.1, 0.15) is 5.15 Å². The SMILES string of the molecule is FC(F)c1cnc(Cl)c(CCl)c1I. The lowest BCUT2D eigenvalue weighted by Gasteiger charge is -2.07. The van der Waals surface area contributed by atoms with Crippen LogP contribution in [0.1, 0.15) is 17.6 Å². The molecule has 72 valence electrons. The van der Waals surface area contributed by atoms with Crippen LogP contribution in [-0.4, -0.2) is 4.98 Å². The molecule has 0 amide bonds. The summed E-state index contributed by atoms with van der Waals surface area (Å²) in [5.41, 5.74) is 0.336. The van der Waals surface area contributed by atoms with Crippen molar-refractivity contribution in [2.45, 2.75) is 12.3 Å². The fourth-order valence-electron chi connectivity index (χ4n) is 0.792. The molecule has 0 radical (unpaired) electrons. The first-order valence-corrected chi connectivity index (χ1v) is 5.24. The predicted octanol–water partition coefficient (Wildman–Crippen LogP) is 4.02. The Hall–Kier alpha value is 0.320. The van der Waals surface area contributed by atoms with Gasteiger partial charge in [-0.05, 0) is 22.6 Å². The minimum Gasteiger partial charge on any atom is -0.244 e. The van der Waals surface area contributed by atoms with Gasteiger partial charge in [-0.25, -0.2) is 13.8 Å². The molecule has 0 saturated carbocycles. The average Bonchev–Trinajstić information content (AvgIpc) is 2.04. The first kappa shape index (κ1) is 11.4. The van der Waals surface area contributed by atoms with Crippen molar-refractivity contribution in [2.24, 2.45) is 0 Å². The third kappa shape index (κ3) is 2.41. The summed E-state index contributed by atoms with van der Waals surface area (Å²) in [7, 11) is 0. The van der Waals surface area contributed by atoms with Crippen molar-refractivity contribution < 1.29 is 8.78 Å². The Labute approximate surface area is 97.6 Å². The standard InChI is InChI=1S/C7H4Cl2F2IN/c8-1-3-5(12)4(7(10)11)2-13-6(3)9/h2,7H,1H2. The van der Waals surface area contributed by atoms with Crippen LogP contribution in [0.3, 0.4) is 0 Å². The summed E-state index contributed by atoms with van der Waals surface area (Å²) in [6.07, 6.45) is -1.47. The number of nitrogens with zero attached hydrogens (tertiary/aromatic N) is 1. The predicted molar refractivity (Wildman–Crippen MR) is 56.5 cm³/mol. The maximum atomic E-state index is 12.3. The highest BCUT2D eigenvalue weighted by atomic mass is 127. The van der Waals surface area contributed by atoms with E-state index in [9.17, 15) is 8.78 Å². The fraction of sp³-hybridized carbons (Fsp3) is 0.286. The molecule has 1 heterocycles. The van der Waals surface area contributed by atoms with Gasteiger partial charge in [-0.2, -0.15) is 0 Å². The average molecular weight is 338 g/mol. The first-order chi connectivity index (χ1) is 6.07. The first-order valence-electron chi connectivity index (χ1n) is 3.24. The molecule has 1 nitrogen and oxygen atoms in total. The van der Waals surface area contributed by atoms with Crippen molar-refractivity contribution in [2.75, 3.05) is 0 Å². The topological polar surface area (TPSA) is 12.9 Å². The lowest BCUT2D eigenvalue weighted by Crippen LogP contribution is -1.97. The Balaban J connectivity index is 3.27. The highest BCUT2D eigenvalue weighted by Gasteiger charge is 2.16. The molecule has 0 saturated heterocycles. The van der Waals surface area contributed by atoms with Gasteiger partial charge in [-0.15, -0.1) is 11.6 Å². The number of alkyl halides is 3. The Morgan fingerprint density at radius 3 is 2.62 bits per heavy atom. The Kier molecular flexibility index (Phi) is 4.12. The molecule has 0 aliphatic rings. The van der Waals surface area contributed by atoms with Crippen LogP contribution in [0.4, 0.5) is 8.78 Å². The number of rotatable bonds is 2. The van der Waals surface area contributed by atoms with E-state index in [0.717, 1.165) is 6.20 Å². The zero-order chi connectivity index (χ0) is 10.0. The van der Waals surface area contributed by atoms with Gasteiger partial charge in [0, 0.05) is 20.9 Å². The van der Waals surface area contributed by atoms with E-state index >= 15 is 0 Å². The van der Waals surface area contributed by atoms with Crippen LogP contribution < -0.4 is 0 Å². The summed E-state index contributed by atoms with van der Waals surface area (Å²) < 4.78 is 25.1. The van der Waals surface area contributed by atoms with Crippen LogP contribution in [0.5, 0.6) is 0 Å². The van der Waals surface area contributed by atoms with E-state index in [2.05, 4.69) is 4.98 Å². The zero-order valence-corrected chi connectivity index (χ0v) is 9.87. The van der Waals surface area contributed by atoms with E-state index in [-0.39, 0.29) is 16.6 Å². The number of hydrogen-bond acceptors (Lipinski definition) is 1. The third-order valence-corrected chi connectivity index (χ3v) is 3.32. The summed E-state index contributed by atoms with van der Waals surface area (Å²) >= 11 is 13.0. The van der Waals surface area contributed by atoms with Gasteiger partial charge in [-0.1, -0.05) is 11.6 Å². The van der Waals surface area contributed by atoms with Gasteiger partial charge in [0.25, 0.3) is 6.43 Å². The second-order valence-corrected chi connectivity index (χ2v) is 3.94. The maximum Gasteiger partial charge on any atom is 0.266 e. The minimum absolute atomic E-state index is 0.0880. The molecule has 6 heteroatoms. The highest BCUT2D eigenvalue weighted by molar-refractivity contribution is 14.1. The molecule has 0 N–H and O–H groups in total. The summed E-state index contributed by atoms with van der Waals surface area (Å²) in [5, 5.41) is 0.184. The molecular weight excluding hydrogens is 334 g/mol. The molecule has 0 atom stereocenters.